The predicted molar refractivity (Wildman–Crippen MR) is 142 cm³/mol. The minimum Gasteiger partial charge on any atom is -0.345 e. The number of nitro benzene ring substituents is 1. The molecule has 3 aromatic carbocycles. The topological polar surface area (TPSA) is 123 Å². The first-order chi connectivity index (χ1) is 17.9. The van der Waals surface area contributed by atoms with E-state index >= 15 is 0 Å². The van der Waals surface area contributed by atoms with Gasteiger partial charge in [0.25, 0.3) is 11.2 Å². The highest BCUT2D eigenvalue weighted by molar-refractivity contribution is 6.31. The molecule has 0 saturated carbocycles. The minimum absolute atomic E-state index is 0.172. The number of carbonyl (C=O) groups is 1. The molecule has 0 aliphatic carbocycles. The number of halogens is 1. The van der Waals surface area contributed by atoms with Gasteiger partial charge >= 0.3 is 0 Å². The highest BCUT2D eigenvalue weighted by atomic mass is 35.5. The molecule has 37 heavy (non-hydrogen) atoms. The second-order valence-electron chi connectivity index (χ2n) is 8.41. The maximum Gasteiger partial charge on any atom is 0.277 e. The monoisotopic (exact) mass is 513 g/mol. The summed E-state index contributed by atoms with van der Waals surface area (Å²) < 4.78 is 1.33. The number of nitrogens with one attached hydrogen (secondary N) is 2. The normalized spacial score (nSPS) is 11.8. The molecule has 0 aliphatic rings. The molecule has 0 aliphatic heterocycles. The molecule has 0 spiro atoms. The van der Waals surface area contributed by atoms with Crippen LogP contribution in [0.5, 0.6) is 0 Å². The van der Waals surface area contributed by atoms with Crippen LogP contribution in [0, 0.1) is 10.1 Å². The van der Waals surface area contributed by atoms with Crippen molar-refractivity contribution in [2.75, 3.05) is 5.32 Å². The SMILES string of the molecule is O=C(Nc1ccc2nc[nH]c2c1)C(Cc1ccccc1)n1ccc(-c2cc(Cl)ccc2[N+](=O)[O-])cc1=O. The number of anilines is 1. The number of fused-ring (bicyclic) bond motifs is 1. The summed E-state index contributed by atoms with van der Waals surface area (Å²) in [5.74, 6) is -0.383. The number of amides is 1. The molecular formula is C27H20ClN5O4. The lowest BCUT2D eigenvalue weighted by molar-refractivity contribution is -0.384. The number of nitrogens with zero attached hydrogens (tertiary/aromatic N) is 3. The van der Waals surface area contributed by atoms with Crippen molar-refractivity contribution in [1.29, 1.82) is 0 Å². The standard InChI is InChI=1S/C27H20ClN5O4/c28-19-6-9-24(33(36)37)21(14-19)18-10-11-32(26(34)13-18)25(12-17-4-2-1-3-5-17)27(35)31-20-7-8-22-23(15-20)30-16-29-22/h1-11,13-16,25H,12H2,(H,29,30)(H,31,35). The Kier molecular flexibility index (Phi) is 6.53. The fraction of sp³-hybridized carbons (Fsp3) is 0.0741. The fourth-order valence-corrected chi connectivity index (χ4v) is 4.38. The van der Waals surface area contributed by atoms with E-state index in [9.17, 15) is 19.7 Å². The van der Waals surface area contributed by atoms with Gasteiger partial charge in [0.1, 0.15) is 6.04 Å². The van der Waals surface area contributed by atoms with Crippen molar-refractivity contribution in [3.8, 4) is 11.1 Å². The number of hydrogen-bond acceptors (Lipinski definition) is 5. The van der Waals surface area contributed by atoms with E-state index < -0.39 is 16.5 Å². The van der Waals surface area contributed by atoms with Crippen LogP contribution in [0.15, 0.2) is 96.2 Å². The van der Waals surface area contributed by atoms with Crippen molar-refractivity contribution in [3.05, 3.63) is 122 Å². The molecule has 0 fully saturated rings. The van der Waals surface area contributed by atoms with Gasteiger partial charge in [-0.25, -0.2) is 4.98 Å². The van der Waals surface area contributed by atoms with E-state index in [1.54, 1.807) is 30.6 Å². The van der Waals surface area contributed by atoms with Crippen molar-refractivity contribution in [2.45, 2.75) is 12.5 Å². The van der Waals surface area contributed by atoms with Gasteiger partial charge in [-0.3, -0.25) is 19.7 Å². The van der Waals surface area contributed by atoms with Gasteiger partial charge in [-0.15, -0.1) is 0 Å². The van der Waals surface area contributed by atoms with Crippen molar-refractivity contribution in [3.63, 3.8) is 0 Å². The maximum absolute atomic E-state index is 13.5. The molecule has 10 heteroatoms. The predicted octanol–water partition coefficient (Wildman–Crippen LogP) is 5.38. The molecule has 184 valence electrons. The van der Waals surface area contributed by atoms with Gasteiger partial charge in [-0.1, -0.05) is 41.9 Å². The van der Waals surface area contributed by atoms with E-state index in [2.05, 4.69) is 15.3 Å². The maximum atomic E-state index is 13.5. The molecule has 9 nitrogen and oxygen atoms in total. The lowest BCUT2D eigenvalue weighted by Crippen LogP contribution is -2.34. The van der Waals surface area contributed by atoms with Crippen LogP contribution in [0.4, 0.5) is 11.4 Å². The molecule has 1 atom stereocenters. The zero-order valence-electron chi connectivity index (χ0n) is 19.3. The first-order valence-corrected chi connectivity index (χ1v) is 11.7. The van der Waals surface area contributed by atoms with Crippen LogP contribution in [0.1, 0.15) is 11.6 Å². The molecule has 0 saturated heterocycles. The van der Waals surface area contributed by atoms with E-state index in [1.807, 2.05) is 30.3 Å². The summed E-state index contributed by atoms with van der Waals surface area (Å²) in [6.45, 7) is 0. The average molecular weight is 514 g/mol. The van der Waals surface area contributed by atoms with Crippen LogP contribution >= 0.6 is 11.6 Å². The van der Waals surface area contributed by atoms with E-state index in [-0.39, 0.29) is 23.6 Å². The summed E-state index contributed by atoms with van der Waals surface area (Å²) in [6, 6.07) is 20.8. The Morgan fingerprint density at radius 2 is 1.89 bits per heavy atom. The van der Waals surface area contributed by atoms with Crippen molar-refractivity contribution >= 4 is 39.9 Å². The number of pyridine rings is 1. The smallest absolute Gasteiger partial charge is 0.277 e. The van der Waals surface area contributed by atoms with Crippen molar-refractivity contribution in [1.82, 2.24) is 14.5 Å². The molecule has 0 radical (unpaired) electrons. The number of aromatic nitrogens is 3. The molecule has 2 aromatic heterocycles. The number of rotatable bonds is 7. The Bertz CT molecular complexity index is 1680. The van der Waals surface area contributed by atoms with Crippen LogP contribution in [0.3, 0.4) is 0 Å². The number of H-pyrrole nitrogens is 1. The van der Waals surface area contributed by atoms with Gasteiger partial charge in [-0.05, 0) is 47.5 Å². The first-order valence-electron chi connectivity index (χ1n) is 11.3. The fourth-order valence-electron chi connectivity index (χ4n) is 4.21. The molecule has 1 unspecified atom stereocenters. The van der Waals surface area contributed by atoms with Gasteiger partial charge in [-0.2, -0.15) is 0 Å². The van der Waals surface area contributed by atoms with Crippen molar-refractivity contribution in [2.24, 2.45) is 0 Å². The quantitative estimate of drug-likeness (QED) is 0.223. The summed E-state index contributed by atoms with van der Waals surface area (Å²) in [7, 11) is 0. The Morgan fingerprint density at radius 3 is 2.65 bits per heavy atom. The first kappa shape index (κ1) is 24.0. The second kappa shape index (κ2) is 10.1. The number of benzene rings is 3. The summed E-state index contributed by atoms with van der Waals surface area (Å²) >= 11 is 6.07. The van der Waals surface area contributed by atoms with Crippen LogP contribution in [0.2, 0.25) is 5.02 Å². The lowest BCUT2D eigenvalue weighted by Gasteiger charge is -2.20. The van der Waals surface area contributed by atoms with Gasteiger partial charge in [0.15, 0.2) is 0 Å². The van der Waals surface area contributed by atoms with E-state index in [4.69, 9.17) is 11.6 Å². The summed E-state index contributed by atoms with van der Waals surface area (Å²) in [4.78, 5) is 44.9. The third kappa shape index (κ3) is 5.12. The van der Waals surface area contributed by atoms with Crippen molar-refractivity contribution < 1.29 is 9.72 Å². The lowest BCUT2D eigenvalue weighted by atomic mass is 10.0. The second-order valence-corrected chi connectivity index (χ2v) is 8.85. The van der Waals surface area contributed by atoms with Crippen LogP contribution in [-0.2, 0) is 11.2 Å². The molecule has 5 aromatic rings. The molecule has 2 heterocycles. The van der Waals surface area contributed by atoms with Crippen LogP contribution in [0.25, 0.3) is 22.2 Å². The highest BCUT2D eigenvalue weighted by Crippen LogP contribution is 2.32. The number of carbonyl (C=O) groups excluding carboxylic acids is 1. The van der Waals surface area contributed by atoms with Crippen LogP contribution < -0.4 is 10.9 Å². The van der Waals surface area contributed by atoms with E-state index in [0.29, 0.717) is 16.3 Å². The van der Waals surface area contributed by atoms with Gasteiger partial charge in [0, 0.05) is 35.5 Å². The Hall–Kier alpha value is -4.76. The third-order valence-electron chi connectivity index (χ3n) is 6.01. The highest BCUT2D eigenvalue weighted by Gasteiger charge is 2.24. The Labute approximate surface area is 215 Å². The minimum atomic E-state index is -0.879. The van der Waals surface area contributed by atoms with Gasteiger partial charge < -0.3 is 14.9 Å². The van der Waals surface area contributed by atoms with Gasteiger partial charge in [0.05, 0.1) is 27.8 Å². The number of aromatic amines is 1. The largest absolute Gasteiger partial charge is 0.345 e. The van der Waals surface area contributed by atoms with Gasteiger partial charge in [0.2, 0.25) is 5.91 Å². The molecule has 0 bridgehead atoms. The van der Waals surface area contributed by atoms with E-state index in [0.717, 1.165) is 16.6 Å². The third-order valence-corrected chi connectivity index (χ3v) is 6.25. The Morgan fingerprint density at radius 1 is 1.08 bits per heavy atom. The number of nitro groups is 1. The van der Waals surface area contributed by atoms with E-state index in [1.165, 1.54) is 35.0 Å². The molecule has 2 N–H and O–H groups in total. The number of imidazole rings is 1. The summed E-state index contributed by atoms with van der Waals surface area (Å²) in [5, 5.41) is 14.7. The number of hydrogen-bond donors (Lipinski definition) is 2. The molecular weight excluding hydrogens is 494 g/mol. The zero-order valence-corrected chi connectivity index (χ0v) is 20.1. The molecule has 5 rings (SSSR count). The zero-order chi connectivity index (χ0) is 25.9. The average Bonchev–Trinajstić information content (AvgIpc) is 3.36. The summed E-state index contributed by atoms with van der Waals surface area (Å²) in [5.41, 5.74) is 2.86. The van der Waals surface area contributed by atoms with Crippen LogP contribution in [-0.4, -0.2) is 25.4 Å². The summed E-state index contributed by atoms with van der Waals surface area (Å²) in [6.07, 6.45) is 3.31. The molecule has 1 amide bonds. The Balaban J connectivity index is 1.52.